The van der Waals surface area contributed by atoms with Crippen molar-refractivity contribution in [2.75, 3.05) is 13.2 Å². The summed E-state index contributed by atoms with van der Waals surface area (Å²) in [6.45, 7) is 4.47. The van der Waals surface area contributed by atoms with Crippen molar-refractivity contribution in [1.29, 1.82) is 0 Å². The van der Waals surface area contributed by atoms with Gasteiger partial charge in [-0.15, -0.1) is 0 Å². The maximum absolute atomic E-state index is 11.0. The molecule has 1 aliphatic carbocycles. The van der Waals surface area contributed by atoms with E-state index in [-0.39, 0.29) is 18.7 Å². The molecule has 82 valence electrons. The molecule has 1 fully saturated rings. The molecule has 14 heavy (non-hydrogen) atoms. The van der Waals surface area contributed by atoms with Crippen LogP contribution in [0.2, 0.25) is 0 Å². The van der Waals surface area contributed by atoms with E-state index in [9.17, 15) is 4.79 Å². The second kappa shape index (κ2) is 6.02. The summed E-state index contributed by atoms with van der Waals surface area (Å²) in [5.74, 6) is 0.588. The van der Waals surface area contributed by atoms with Crippen LogP contribution in [0.3, 0.4) is 0 Å². The molecule has 0 aromatic heterocycles. The summed E-state index contributed by atoms with van der Waals surface area (Å²) in [6.07, 6.45) is 5.08. The van der Waals surface area contributed by atoms with Crippen molar-refractivity contribution in [2.45, 2.75) is 45.6 Å². The van der Waals surface area contributed by atoms with Crippen LogP contribution in [-0.4, -0.2) is 25.3 Å². The van der Waals surface area contributed by atoms with E-state index in [1.54, 1.807) is 0 Å². The molecule has 1 rings (SSSR count). The molecule has 0 heterocycles. The summed E-state index contributed by atoms with van der Waals surface area (Å²) < 4.78 is 10.2. The number of rotatable bonds is 6. The zero-order chi connectivity index (χ0) is 10.4. The third kappa shape index (κ3) is 4.61. The van der Waals surface area contributed by atoms with E-state index in [2.05, 4.69) is 0 Å². The first-order valence-corrected chi connectivity index (χ1v) is 5.45. The van der Waals surface area contributed by atoms with Crippen molar-refractivity contribution in [3.05, 3.63) is 0 Å². The molecule has 0 aliphatic heterocycles. The molecule has 0 radical (unpaired) electrons. The van der Waals surface area contributed by atoms with Gasteiger partial charge in [-0.1, -0.05) is 19.3 Å². The molecule has 0 aromatic rings. The Labute approximate surface area is 85.8 Å². The van der Waals surface area contributed by atoms with Gasteiger partial charge >= 0.3 is 5.97 Å². The molecule has 0 unspecified atom stereocenters. The zero-order valence-electron chi connectivity index (χ0n) is 9.12. The minimum Gasteiger partial charge on any atom is -0.461 e. The Balaban J connectivity index is 1.89. The summed E-state index contributed by atoms with van der Waals surface area (Å²) in [5.41, 5.74) is 0. The van der Waals surface area contributed by atoms with E-state index in [0.717, 1.165) is 12.3 Å². The summed E-state index contributed by atoms with van der Waals surface area (Å²) in [7, 11) is 0. The molecule has 3 heteroatoms. The highest BCUT2D eigenvalue weighted by atomic mass is 16.6. The van der Waals surface area contributed by atoms with Gasteiger partial charge in [-0.2, -0.15) is 0 Å². The Morgan fingerprint density at radius 3 is 2.64 bits per heavy atom. The summed E-state index contributed by atoms with van der Waals surface area (Å²) in [4.78, 5) is 11.0. The quantitative estimate of drug-likeness (QED) is 0.487. The molecule has 0 atom stereocenters. The Morgan fingerprint density at radius 2 is 2.14 bits per heavy atom. The lowest BCUT2D eigenvalue weighted by Crippen LogP contribution is -2.19. The molecule has 0 bridgehead atoms. The van der Waals surface area contributed by atoms with E-state index in [1.165, 1.54) is 19.3 Å². The molecular weight excluding hydrogens is 180 g/mol. The number of carbonyl (C=O) groups is 1. The van der Waals surface area contributed by atoms with Crippen LogP contribution >= 0.6 is 0 Å². The largest absolute Gasteiger partial charge is 0.461 e. The number of hydrogen-bond donors (Lipinski definition) is 0. The number of hydrogen-bond acceptors (Lipinski definition) is 3. The van der Waals surface area contributed by atoms with E-state index in [0.29, 0.717) is 6.61 Å². The molecule has 0 N–H and O–H groups in total. The molecule has 0 saturated heterocycles. The minimum absolute atomic E-state index is 0.0438. The third-order valence-corrected chi connectivity index (χ3v) is 2.48. The van der Waals surface area contributed by atoms with Gasteiger partial charge < -0.3 is 9.47 Å². The maximum Gasteiger partial charge on any atom is 0.332 e. The minimum atomic E-state index is -0.256. The Hall–Kier alpha value is -0.570. The first-order valence-electron chi connectivity index (χ1n) is 5.45. The summed E-state index contributed by atoms with van der Waals surface area (Å²) >= 11 is 0. The van der Waals surface area contributed by atoms with Gasteiger partial charge in [0.15, 0.2) is 0 Å². The molecule has 1 aliphatic rings. The highest BCUT2D eigenvalue weighted by Crippen LogP contribution is 2.28. The van der Waals surface area contributed by atoms with Crippen molar-refractivity contribution in [1.82, 2.24) is 0 Å². The van der Waals surface area contributed by atoms with Gasteiger partial charge in [0.25, 0.3) is 0 Å². The molecule has 0 spiro atoms. The lowest BCUT2D eigenvalue weighted by atomic mass is 9.83. The van der Waals surface area contributed by atoms with Gasteiger partial charge in [0.2, 0.25) is 0 Å². The lowest BCUT2D eigenvalue weighted by Gasteiger charge is -2.24. The first-order chi connectivity index (χ1) is 6.68. The van der Waals surface area contributed by atoms with Gasteiger partial charge in [-0.25, -0.2) is 4.79 Å². The van der Waals surface area contributed by atoms with Gasteiger partial charge in [0.05, 0.1) is 6.10 Å². The van der Waals surface area contributed by atoms with E-state index in [1.807, 2.05) is 13.8 Å². The molecule has 0 aromatic carbocycles. The smallest absolute Gasteiger partial charge is 0.332 e. The van der Waals surface area contributed by atoms with Crippen LogP contribution in [0.15, 0.2) is 0 Å². The normalized spacial score (nSPS) is 16.8. The Kier molecular flexibility index (Phi) is 4.94. The van der Waals surface area contributed by atoms with Crippen LogP contribution in [-0.2, 0) is 14.3 Å². The topological polar surface area (TPSA) is 35.5 Å². The molecule has 0 amide bonds. The highest BCUT2D eigenvalue weighted by molar-refractivity contribution is 5.70. The number of ether oxygens (including phenoxy) is 2. The molecular formula is C11H20O3. The average Bonchev–Trinajstić information content (AvgIpc) is 1.99. The average molecular weight is 200 g/mol. The fraction of sp³-hybridized carbons (Fsp3) is 0.909. The van der Waals surface area contributed by atoms with Gasteiger partial charge in [-0.05, 0) is 26.2 Å². The van der Waals surface area contributed by atoms with Crippen LogP contribution in [0.25, 0.3) is 0 Å². The predicted molar refractivity (Wildman–Crippen MR) is 54.0 cm³/mol. The second-order valence-corrected chi connectivity index (χ2v) is 4.18. The van der Waals surface area contributed by atoms with Crippen LogP contribution in [0.5, 0.6) is 0 Å². The summed E-state index contributed by atoms with van der Waals surface area (Å²) in [6, 6.07) is 0. The summed E-state index contributed by atoms with van der Waals surface area (Å²) in [5, 5.41) is 0. The van der Waals surface area contributed by atoms with Crippen molar-refractivity contribution in [3.63, 3.8) is 0 Å². The van der Waals surface area contributed by atoms with Gasteiger partial charge in [-0.3, -0.25) is 0 Å². The van der Waals surface area contributed by atoms with E-state index >= 15 is 0 Å². The highest BCUT2D eigenvalue weighted by Gasteiger charge is 2.16. The van der Waals surface area contributed by atoms with Crippen LogP contribution in [0, 0.1) is 5.92 Å². The predicted octanol–water partition coefficient (Wildman–Crippen LogP) is 2.14. The lowest BCUT2D eigenvalue weighted by molar-refractivity contribution is -0.152. The van der Waals surface area contributed by atoms with Crippen LogP contribution < -0.4 is 0 Å². The van der Waals surface area contributed by atoms with Crippen molar-refractivity contribution in [2.24, 2.45) is 5.92 Å². The van der Waals surface area contributed by atoms with Gasteiger partial charge in [0.1, 0.15) is 6.61 Å². The van der Waals surface area contributed by atoms with E-state index < -0.39 is 0 Å². The van der Waals surface area contributed by atoms with Crippen molar-refractivity contribution < 1.29 is 14.3 Å². The maximum atomic E-state index is 11.0. The second-order valence-electron chi connectivity index (χ2n) is 4.18. The van der Waals surface area contributed by atoms with Gasteiger partial charge in [0, 0.05) is 6.61 Å². The van der Waals surface area contributed by atoms with Crippen LogP contribution in [0.4, 0.5) is 0 Å². The standard InChI is InChI=1S/C11H20O3/c1-9(2)14-11(12)8-13-7-6-10-4-3-5-10/h9-10H,3-8H2,1-2H3. The van der Waals surface area contributed by atoms with E-state index in [4.69, 9.17) is 9.47 Å². The van der Waals surface area contributed by atoms with Crippen molar-refractivity contribution in [3.8, 4) is 0 Å². The third-order valence-electron chi connectivity index (χ3n) is 2.48. The monoisotopic (exact) mass is 200 g/mol. The van der Waals surface area contributed by atoms with Crippen LogP contribution in [0.1, 0.15) is 39.5 Å². The SMILES string of the molecule is CC(C)OC(=O)COCCC1CCC1. The fourth-order valence-corrected chi connectivity index (χ4v) is 1.48. The number of carbonyl (C=O) groups excluding carboxylic acids is 1. The first kappa shape index (κ1) is 11.5. The Bertz CT molecular complexity index is 173. The molecule has 3 nitrogen and oxygen atoms in total. The molecule has 1 saturated carbocycles. The Morgan fingerprint density at radius 1 is 1.43 bits per heavy atom. The zero-order valence-corrected chi connectivity index (χ0v) is 9.12. The van der Waals surface area contributed by atoms with Crippen molar-refractivity contribution >= 4 is 5.97 Å². The number of esters is 1. The fourth-order valence-electron chi connectivity index (χ4n) is 1.48.